The minimum Gasteiger partial charge on any atom is -0.372 e. The fraction of sp³-hybridized carbons (Fsp3) is 1.00. The van der Waals surface area contributed by atoms with Gasteiger partial charge in [-0.3, -0.25) is 0 Å². The highest BCUT2D eigenvalue weighted by Crippen LogP contribution is 2.09. The molecule has 0 spiro atoms. The number of hydrogen-bond donors (Lipinski definition) is 1. The highest BCUT2D eigenvalue weighted by molar-refractivity contribution is 4.59. The second-order valence-electron chi connectivity index (χ2n) is 4.07. The van der Waals surface area contributed by atoms with Gasteiger partial charge in [0, 0.05) is 6.04 Å². The molecule has 3 unspecified atom stereocenters. The average Bonchev–Trinajstić information content (AvgIpc) is 2.20. The maximum atomic E-state index is 5.60. The van der Waals surface area contributed by atoms with E-state index < -0.39 is 6.29 Å². The summed E-state index contributed by atoms with van der Waals surface area (Å²) in [6.45, 7) is 10.4. The van der Waals surface area contributed by atoms with Crippen LogP contribution in [0.25, 0.3) is 0 Å². The molecule has 0 bridgehead atoms. The van der Waals surface area contributed by atoms with Crippen LogP contribution in [0.4, 0.5) is 0 Å². The van der Waals surface area contributed by atoms with Crippen LogP contribution >= 0.6 is 0 Å². The van der Waals surface area contributed by atoms with Crippen LogP contribution in [-0.4, -0.2) is 37.8 Å². The van der Waals surface area contributed by atoms with Crippen molar-refractivity contribution in [3.63, 3.8) is 0 Å². The Morgan fingerprint density at radius 3 is 2.19 bits per heavy atom. The topological polar surface area (TPSA) is 62.9 Å². The molecule has 0 saturated heterocycles. The minimum absolute atomic E-state index is 0.00533. The van der Waals surface area contributed by atoms with Gasteiger partial charge in [-0.2, -0.15) is 0 Å². The first-order chi connectivity index (χ1) is 7.47. The Hall–Kier alpha value is -0.200. The predicted octanol–water partition coefficient (Wildman–Crippen LogP) is 1.46. The molecule has 3 atom stereocenters. The summed E-state index contributed by atoms with van der Waals surface area (Å²) >= 11 is 0. The van der Waals surface area contributed by atoms with Crippen molar-refractivity contribution in [2.75, 3.05) is 13.2 Å². The van der Waals surface area contributed by atoms with Crippen LogP contribution in [-0.2, 0) is 19.2 Å². The summed E-state index contributed by atoms with van der Waals surface area (Å²) in [5.41, 5.74) is 5.60. The van der Waals surface area contributed by atoms with Crippen LogP contribution in [0.5, 0.6) is 0 Å². The third kappa shape index (κ3) is 8.01. The number of rotatable bonds is 9. The fourth-order valence-corrected chi connectivity index (χ4v) is 0.997. The third-order valence-electron chi connectivity index (χ3n) is 1.69. The van der Waals surface area contributed by atoms with E-state index in [1.54, 1.807) is 0 Å². The summed E-state index contributed by atoms with van der Waals surface area (Å²) in [5, 5.41) is 0. The van der Waals surface area contributed by atoms with Gasteiger partial charge >= 0.3 is 0 Å². The van der Waals surface area contributed by atoms with E-state index in [9.17, 15) is 0 Å². The van der Waals surface area contributed by atoms with Crippen molar-refractivity contribution in [2.45, 2.75) is 59.2 Å². The largest absolute Gasteiger partial charge is 0.372 e. The molecule has 98 valence electrons. The normalized spacial score (nSPS) is 17.4. The molecule has 0 aliphatic rings. The maximum absolute atomic E-state index is 5.60. The molecule has 5 heteroatoms. The zero-order chi connectivity index (χ0) is 12.6. The van der Waals surface area contributed by atoms with Crippen molar-refractivity contribution in [3.8, 4) is 0 Å². The van der Waals surface area contributed by atoms with Gasteiger partial charge in [0.25, 0.3) is 0 Å². The predicted molar refractivity (Wildman–Crippen MR) is 61.8 cm³/mol. The highest BCUT2D eigenvalue weighted by Gasteiger charge is 2.22. The van der Waals surface area contributed by atoms with Crippen LogP contribution in [0.1, 0.15) is 34.6 Å². The van der Waals surface area contributed by atoms with Crippen molar-refractivity contribution < 1.29 is 19.2 Å². The molecule has 0 radical (unpaired) electrons. The third-order valence-corrected chi connectivity index (χ3v) is 1.69. The molecule has 0 aliphatic carbocycles. The van der Waals surface area contributed by atoms with E-state index in [2.05, 4.69) is 0 Å². The van der Waals surface area contributed by atoms with Gasteiger partial charge in [-0.15, -0.1) is 0 Å². The van der Waals surface area contributed by atoms with Crippen molar-refractivity contribution in [1.82, 2.24) is 0 Å². The lowest BCUT2D eigenvalue weighted by Gasteiger charge is -2.25. The standard InChI is InChI=1S/C11H25NO4/c1-6-14-16-11(15-8(2)3)10(5)13-7-9(4)12/h8-11H,6-7,12H2,1-5H3. The summed E-state index contributed by atoms with van der Waals surface area (Å²) < 4.78 is 11.0. The molecule has 0 saturated carbocycles. The van der Waals surface area contributed by atoms with Gasteiger partial charge in [-0.1, -0.05) is 0 Å². The lowest BCUT2D eigenvalue weighted by Crippen LogP contribution is -2.36. The average molecular weight is 235 g/mol. The van der Waals surface area contributed by atoms with Gasteiger partial charge in [0.2, 0.25) is 6.29 Å². The molecule has 0 rings (SSSR count). The smallest absolute Gasteiger partial charge is 0.217 e. The second kappa shape index (κ2) is 8.90. The van der Waals surface area contributed by atoms with Crippen molar-refractivity contribution >= 4 is 0 Å². The quantitative estimate of drug-likeness (QED) is 0.372. The summed E-state index contributed by atoms with van der Waals surface area (Å²) in [6.07, 6.45) is -0.703. The van der Waals surface area contributed by atoms with Gasteiger partial charge in [0.05, 0.1) is 19.3 Å². The first kappa shape index (κ1) is 15.8. The van der Waals surface area contributed by atoms with Gasteiger partial charge in [0.1, 0.15) is 6.10 Å². The Morgan fingerprint density at radius 1 is 1.12 bits per heavy atom. The van der Waals surface area contributed by atoms with Crippen LogP contribution in [0, 0.1) is 0 Å². The van der Waals surface area contributed by atoms with E-state index in [4.69, 9.17) is 25.0 Å². The molecule has 0 amide bonds. The first-order valence-electron chi connectivity index (χ1n) is 5.78. The molecular weight excluding hydrogens is 210 g/mol. The van der Waals surface area contributed by atoms with Crippen LogP contribution in [0.3, 0.4) is 0 Å². The minimum atomic E-state index is -0.529. The molecule has 16 heavy (non-hydrogen) atoms. The molecule has 5 nitrogen and oxygen atoms in total. The van der Waals surface area contributed by atoms with E-state index in [1.165, 1.54) is 0 Å². The molecule has 0 heterocycles. The van der Waals surface area contributed by atoms with E-state index in [0.717, 1.165) is 0 Å². The zero-order valence-electron chi connectivity index (χ0n) is 10.9. The number of hydrogen-bond acceptors (Lipinski definition) is 5. The van der Waals surface area contributed by atoms with Crippen LogP contribution < -0.4 is 5.73 Å². The van der Waals surface area contributed by atoms with Crippen molar-refractivity contribution in [3.05, 3.63) is 0 Å². The zero-order valence-corrected chi connectivity index (χ0v) is 10.9. The van der Waals surface area contributed by atoms with Gasteiger partial charge < -0.3 is 15.2 Å². The molecule has 0 fully saturated rings. The lowest BCUT2D eigenvalue weighted by molar-refractivity contribution is -0.399. The summed E-state index contributed by atoms with van der Waals surface area (Å²) in [6, 6.07) is -0.00533. The number of nitrogens with two attached hydrogens (primary N) is 1. The summed E-state index contributed by atoms with van der Waals surface area (Å²) in [4.78, 5) is 10.00. The van der Waals surface area contributed by atoms with Gasteiger partial charge in [-0.05, 0) is 34.6 Å². The van der Waals surface area contributed by atoms with Gasteiger partial charge in [-0.25, -0.2) is 9.78 Å². The SMILES string of the molecule is CCOOC(OC(C)C)C(C)OCC(C)N. The highest BCUT2D eigenvalue weighted by atomic mass is 17.2. The van der Waals surface area contributed by atoms with Crippen molar-refractivity contribution in [2.24, 2.45) is 5.73 Å². The lowest BCUT2D eigenvalue weighted by atomic mass is 10.3. The molecular formula is C11H25NO4. The first-order valence-corrected chi connectivity index (χ1v) is 5.78. The Kier molecular flexibility index (Phi) is 8.78. The summed E-state index contributed by atoms with van der Waals surface area (Å²) in [5.74, 6) is 0. The Morgan fingerprint density at radius 2 is 1.75 bits per heavy atom. The van der Waals surface area contributed by atoms with Crippen LogP contribution in [0.15, 0.2) is 0 Å². The Bertz CT molecular complexity index is 164. The summed E-state index contributed by atoms with van der Waals surface area (Å²) in [7, 11) is 0. The van der Waals surface area contributed by atoms with Gasteiger partial charge in [0.15, 0.2) is 0 Å². The fourth-order valence-electron chi connectivity index (χ4n) is 0.997. The maximum Gasteiger partial charge on any atom is 0.217 e. The monoisotopic (exact) mass is 235 g/mol. The molecule has 0 aliphatic heterocycles. The Balaban J connectivity index is 4.03. The van der Waals surface area contributed by atoms with E-state index in [0.29, 0.717) is 13.2 Å². The van der Waals surface area contributed by atoms with E-state index in [1.807, 2.05) is 34.6 Å². The second-order valence-corrected chi connectivity index (χ2v) is 4.07. The molecule has 0 aromatic heterocycles. The Labute approximate surface area is 98.1 Å². The number of ether oxygens (including phenoxy) is 2. The van der Waals surface area contributed by atoms with E-state index in [-0.39, 0.29) is 18.2 Å². The molecule has 2 N–H and O–H groups in total. The van der Waals surface area contributed by atoms with E-state index >= 15 is 0 Å². The van der Waals surface area contributed by atoms with Crippen molar-refractivity contribution in [1.29, 1.82) is 0 Å². The van der Waals surface area contributed by atoms with Crippen LogP contribution in [0.2, 0.25) is 0 Å². The molecule has 0 aromatic carbocycles. The molecule has 0 aromatic rings.